The Morgan fingerprint density at radius 2 is 2.10 bits per heavy atom. The minimum absolute atomic E-state index is 0.144. The highest BCUT2D eigenvalue weighted by Gasteiger charge is 2.13. The Balaban J connectivity index is 2.17. The summed E-state index contributed by atoms with van der Waals surface area (Å²) in [5, 5.41) is 2.92. The van der Waals surface area contributed by atoms with Gasteiger partial charge in [-0.1, -0.05) is 0 Å². The summed E-state index contributed by atoms with van der Waals surface area (Å²) in [4.78, 5) is 18.4. The van der Waals surface area contributed by atoms with E-state index in [0.717, 1.165) is 16.8 Å². The van der Waals surface area contributed by atoms with Crippen molar-refractivity contribution in [3.8, 4) is 0 Å². The van der Waals surface area contributed by atoms with Gasteiger partial charge < -0.3 is 16.0 Å². The number of nitrogens with two attached hydrogens (primary N) is 1. The van der Waals surface area contributed by atoms with Crippen molar-refractivity contribution in [1.82, 2.24) is 10.3 Å². The first kappa shape index (κ1) is 14.8. The molecule has 0 aliphatic rings. The molecule has 0 radical (unpaired) electrons. The van der Waals surface area contributed by atoms with Crippen LogP contribution in [0.4, 0.5) is 11.4 Å². The molecule has 0 spiro atoms. The number of aromatic nitrogens is 1. The van der Waals surface area contributed by atoms with Crippen LogP contribution in [0.2, 0.25) is 0 Å². The van der Waals surface area contributed by atoms with Crippen molar-refractivity contribution in [3.63, 3.8) is 0 Å². The summed E-state index contributed by atoms with van der Waals surface area (Å²) in [6.07, 6.45) is 3.50. The Hall–Kier alpha value is -2.56. The zero-order valence-electron chi connectivity index (χ0n) is 12.6. The van der Waals surface area contributed by atoms with Gasteiger partial charge in [-0.25, -0.2) is 0 Å². The number of aryl methyl sites for hydroxylation is 1. The standard InChI is InChI=1S/C16H20N4O/c1-11-6-7-18-9-12(11)10-19-16(21)14-8-13(17)4-5-15(14)20(2)3/h4-9H,10,17H2,1-3H3,(H,19,21). The predicted molar refractivity (Wildman–Crippen MR) is 85.3 cm³/mol. The van der Waals surface area contributed by atoms with Gasteiger partial charge in [0.1, 0.15) is 0 Å². The molecule has 0 unspecified atom stereocenters. The molecular formula is C16H20N4O. The van der Waals surface area contributed by atoms with Crippen molar-refractivity contribution in [2.24, 2.45) is 0 Å². The van der Waals surface area contributed by atoms with Crippen LogP contribution in [-0.4, -0.2) is 25.0 Å². The number of carbonyl (C=O) groups is 1. The summed E-state index contributed by atoms with van der Waals surface area (Å²) in [6.45, 7) is 2.44. The van der Waals surface area contributed by atoms with Gasteiger partial charge in [0, 0.05) is 44.4 Å². The summed E-state index contributed by atoms with van der Waals surface area (Å²) in [6, 6.07) is 7.25. The normalized spacial score (nSPS) is 10.2. The number of pyridine rings is 1. The lowest BCUT2D eigenvalue weighted by atomic mass is 10.1. The fraction of sp³-hybridized carbons (Fsp3) is 0.250. The highest BCUT2D eigenvalue weighted by atomic mass is 16.1. The average Bonchev–Trinajstić information content (AvgIpc) is 2.45. The lowest BCUT2D eigenvalue weighted by Gasteiger charge is -2.17. The van der Waals surface area contributed by atoms with Crippen LogP contribution in [0.5, 0.6) is 0 Å². The lowest BCUT2D eigenvalue weighted by molar-refractivity contribution is 0.0951. The van der Waals surface area contributed by atoms with Gasteiger partial charge in [0.15, 0.2) is 0 Å². The van der Waals surface area contributed by atoms with Crippen molar-refractivity contribution in [2.75, 3.05) is 24.7 Å². The van der Waals surface area contributed by atoms with E-state index < -0.39 is 0 Å². The molecule has 1 aromatic heterocycles. The van der Waals surface area contributed by atoms with Gasteiger partial charge in [0.2, 0.25) is 0 Å². The fourth-order valence-electron chi connectivity index (χ4n) is 2.08. The first-order valence-corrected chi connectivity index (χ1v) is 6.73. The molecule has 0 aliphatic heterocycles. The molecular weight excluding hydrogens is 264 g/mol. The highest BCUT2D eigenvalue weighted by molar-refractivity contribution is 6.00. The van der Waals surface area contributed by atoms with Crippen LogP contribution in [0.15, 0.2) is 36.7 Å². The maximum absolute atomic E-state index is 12.4. The second-order valence-electron chi connectivity index (χ2n) is 5.16. The van der Waals surface area contributed by atoms with E-state index >= 15 is 0 Å². The van der Waals surface area contributed by atoms with Gasteiger partial charge in [-0.15, -0.1) is 0 Å². The smallest absolute Gasteiger partial charge is 0.253 e. The number of anilines is 2. The molecule has 0 aliphatic carbocycles. The molecule has 1 heterocycles. The number of nitrogen functional groups attached to an aromatic ring is 1. The zero-order chi connectivity index (χ0) is 15.4. The van der Waals surface area contributed by atoms with Crippen molar-refractivity contribution < 1.29 is 4.79 Å². The average molecular weight is 284 g/mol. The Labute approximate surface area is 124 Å². The summed E-state index contributed by atoms with van der Waals surface area (Å²) < 4.78 is 0. The molecule has 0 saturated carbocycles. The van der Waals surface area contributed by atoms with Gasteiger partial charge in [-0.05, 0) is 42.3 Å². The van der Waals surface area contributed by atoms with E-state index in [0.29, 0.717) is 17.8 Å². The quantitative estimate of drug-likeness (QED) is 0.842. The van der Waals surface area contributed by atoms with Gasteiger partial charge in [-0.3, -0.25) is 9.78 Å². The number of amides is 1. The van der Waals surface area contributed by atoms with Crippen LogP contribution in [0, 0.1) is 6.92 Å². The van der Waals surface area contributed by atoms with Crippen molar-refractivity contribution >= 4 is 17.3 Å². The third-order valence-corrected chi connectivity index (χ3v) is 3.33. The Bertz CT molecular complexity index is 652. The second kappa shape index (κ2) is 6.26. The topological polar surface area (TPSA) is 71.2 Å². The number of benzene rings is 1. The maximum atomic E-state index is 12.4. The largest absolute Gasteiger partial charge is 0.399 e. The monoisotopic (exact) mass is 284 g/mol. The molecule has 5 heteroatoms. The SMILES string of the molecule is Cc1ccncc1CNC(=O)c1cc(N)ccc1N(C)C. The maximum Gasteiger partial charge on any atom is 0.253 e. The van der Waals surface area contributed by atoms with E-state index in [9.17, 15) is 4.79 Å². The van der Waals surface area contributed by atoms with Crippen LogP contribution in [-0.2, 0) is 6.54 Å². The molecule has 21 heavy (non-hydrogen) atoms. The molecule has 5 nitrogen and oxygen atoms in total. The number of hydrogen-bond acceptors (Lipinski definition) is 4. The van der Waals surface area contributed by atoms with E-state index in [1.165, 1.54) is 0 Å². The molecule has 1 amide bonds. The Morgan fingerprint density at radius 1 is 1.33 bits per heavy atom. The molecule has 1 aromatic carbocycles. The molecule has 2 rings (SSSR count). The minimum atomic E-state index is -0.144. The fourth-order valence-corrected chi connectivity index (χ4v) is 2.08. The number of rotatable bonds is 4. The zero-order valence-corrected chi connectivity index (χ0v) is 12.6. The molecule has 110 valence electrons. The van der Waals surface area contributed by atoms with Crippen molar-refractivity contribution in [1.29, 1.82) is 0 Å². The Kier molecular flexibility index (Phi) is 4.42. The highest BCUT2D eigenvalue weighted by Crippen LogP contribution is 2.21. The van der Waals surface area contributed by atoms with Crippen LogP contribution in [0.3, 0.4) is 0 Å². The summed E-state index contributed by atoms with van der Waals surface area (Å²) in [5.41, 5.74) is 9.87. The van der Waals surface area contributed by atoms with Gasteiger partial charge in [0.05, 0.1) is 5.56 Å². The second-order valence-corrected chi connectivity index (χ2v) is 5.16. The van der Waals surface area contributed by atoms with Crippen LogP contribution < -0.4 is 16.0 Å². The third kappa shape index (κ3) is 3.51. The summed E-state index contributed by atoms with van der Waals surface area (Å²) in [5.74, 6) is -0.144. The number of hydrogen-bond donors (Lipinski definition) is 2. The Morgan fingerprint density at radius 3 is 2.76 bits per heavy atom. The van der Waals surface area contributed by atoms with Gasteiger partial charge in [0.25, 0.3) is 5.91 Å². The van der Waals surface area contributed by atoms with E-state index in [4.69, 9.17) is 5.73 Å². The van der Waals surface area contributed by atoms with Crippen molar-refractivity contribution in [3.05, 3.63) is 53.3 Å². The van der Waals surface area contributed by atoms with E-state index in [-0.39, 0.29) is 5.91 Å². The van der Waals surface area contributed by atoms with E-state index in [2.05, 4.69) is 10.3 Å². The number of nitrogens with zero attached hydrogens (tertiary/aromatic N) is 2. The molecule has 3 N–H and O–H groups in total. The van der Waals surface area contributed by atoms with Gasteiger partial charge >= 0.3 is 0 Å². The molecule has 0 fully saturated rings. The van der Waals surface area contributed by atoms with Crippen LogP contribution >= 0.6 is 0 Å². The lowest BCUT2D eigenvalue weighted by Crippen LogP contribution is -2.26. The van der Waals surface area contributed by atoms with Crippen LogP contribution in [0.1, 0.15) is 21.5 Å². The minimum Gasteiger partial charge on any atom is -0.399 e. The predicted octanol–water partition coefficient (Wildman–Crippen LogP) is 1.97. The molecule has 0 saturated heterocycles. The number of carbonyl (C=O) groups excluding carboxylic acids is 1. The van der Waals surface area contributed by atoms with E-state index in [1.807, 2.05) is 38.1 Å². The van der Waals surface area contributed by atoms with E-state index in [1.54, 1.807) is 24.5 Å². The third-order valence-electron chi connectivity index (χ3n) is 3.33. The van der Waals surface area contributed by atoms with Gasteiger partial charge in [-0.2, -0.15) is 0 Å². The summed E-state index contributed by atoms with van der Waals surface area (Å²) in [7, 11) is 3.79. The molecule has 2 aromatic rings. The van der Waals surface area contributed by atoms with Crippen molar-refractivity contribution in [2.45, 2.75) is 13.5 Å². The summed E-state index contributed by atoms with van der Waals surface area (Å²) >= 11 is 0. The first-order chi connectivity index (χ1) is 9.99. The molecule has 0 bridgehead atoms. The number of nitrogens with one attached hydrogen (secondary N) is 1. The van der Waals surface area contributed by atoms with Crippen LogP contribution in [0.25, 0.3) is 0 Å². The first-order valence-electron chi connectivity index (χ1n) is 6.73. The molecule has 0 atom stereocenters.